The van der Waals surface area contributed by atoms with E-state index in [0.29, 0.717) is 17.3 Å². The van der Waals surface area contributed by atoms with Crippen LogP contribution < -0.4 is 22.1 Å². The maximum Gasteiger partial charge on any atom is 0.323 e. The molecule has 0 spiro atoms. The second-order valence-electron chi connectivity index (χ2n) is 8.49. The molecule has 1 heterocycles. The molecule has 1 aromatic heterocycles. The fraction of sp³-hybridized carbons (Fsp3) is 0.167. The topological polar surface area (TPSA) is 131 Å². The van der Waals surface area contributed by atoms with E-state index in [0.717, 1.165) is 18.2 Å². The first-order chi connectivity index (χ1) is 16.4. The number of allylic oxidation sites excluding steroid dienone is 1. The molecule has 0 aliphatic heterocycles. The number of hydrogen-bond acceptors (Lipinski definition) is 6. The SMILES string of the molecule is CC(C)(C)N=CC(=C(N)c1ccnc(N)n1)c1cc(F)cc(NC(=O)Nc2ccc(F)cc2F)c1. The molecule has 0 saturated heterocycles. The lowest BCUT2D eigenvalue weighted by molar-refractivity contribution is 0.262. The highest BCUT2D eigenvalue weighted by Crippen LogP contribution is 2.26. The van der Waals surface area contributed by atoms with E-state index in [4.69, 9.17) is 11.5 Å². The lowest BCUT2D eigenvalue weighted by Crippen LogP contribution is -2.20. The number of aromatic nitrogens is 2. The molecule has 0 bridgehead atoms. The van der Waals surface area contributed by atoms with Crippen molar-refractivity contribution < 1.29 is 18.0 Å². The van der Waals surface area contributed by atoms with Crippen molar-refractivity contribution in [3.05, 3.63) is 77.4 Å². The van der Waals surface area contributed by atoms with Gasteiger partial charge in [0.1, 0.15) is 17.5 Å². The van der Waals surface area contributed by atoms with E-state index in [1.54, 1.807) is 6.07 Å². The number of carbonyl (C=O) groups is 1. The van der Waals surface area contributed by atoms with Gasteiger partial charge >= 0.3 is 6.03 Å². The number of aliphatic imine (C=N–C) groups is 1. The third-order valence-electron chi connectivity index (χ3n) is 4.47. The van der Waals surface area contributed by atoms with Crippen LogP contribution in [0.2, 0.25) is 0 Å². The number of urea groups is 1. The fourth-order valence-electron chi connectivity index (χ4n) is 2.91. The highest BCUT2D eigenvalue weighted by molar-refractivity contribution is 6.19. The van der Waals surface area contributed by atoms with Crippen molar-refractivity contribution in [2.24, 2.45) is 10.7 Å². The molecular weight excluding hydrogens is 459 g/mol. The molecule has 11 heteroatoms. The molecule has 35 heavy (non-hydrogen) atoms. The molecule has 0 unspecified atom stereocenters. The first-order valence-electron chi connectivity index (χ1n) is 10.4. The summed E-state index contributed by atoms with van der Waals surface area (Å²) in [6.45, 7) is 5.62. The van der Waals surface area contributed by atoms with E-state index in [1.807, 2.05) is 20.8 Å². The van der Waals surface area contributed by atoms with Crippen molar-refractivity contribution in [1.82, 2.24) is 9.97 Å². The Balaban J connectivity index is 1.99. The van der Waals surface area contributed by atoms with Crippen LogP contribution >= 0.6 is 0 Å². The number of nitrogens with one attached hydrogen (secondary N) is 2. The Morgan fingerprint density at radius 1 is 1.03 bits per heavy atom. The lowest BCUT2D eigenvalue weighted by Gasteiger charge is -2.15. The van der Waals surface area contributed by atoms with Crippen molar-refractivity contribution in [2.45, 2.75) is 26.3 Å². The zero-order valence-corrected chi connectivity index (χ0v) is 19.2. The normalized spacial score (nSPS) is 12.4. The summed E-state index contributed by atoms with van der Waals surface area (Å²) in [6.07, 6.45) is 2.92. The molecule has 3 aromatic rings. The number of nitrogens with two attached hydrogens (primary N) is 2. The molecule has 6 N–H and O–H groups in total. The molecule has 0 aliphatic carbocycles. The molecule has 0 aliphatic rings. The number of hydrogen-bond donors (Lipinski definition) is 4. The Labute approximate surface area is 200 Å². The van der Waals surface area contributed by atoms with E-state index in [1.165, 1.54) is 24.5 Å². The summed E-state index contributed by atoms with van der Waals surface area (Å²) in [5.41, 5.74) is 12.4. The van der Waals surface area contributed by atoms with Crippen LogP contribution in [0.15, 0.2) is 53.7 Å². The Bertz CT molecular complexity index is 1320. The number of amides is 2. The average molecular weight is 483 g/mol. The number of nitrogen functional groups attached to an aromatic ring is 1. The van der Waals surface area contributed by atoms with Crippen molar-refractivity contribution in [1.29, 1.82) is 0 Å². The quantitative estimate of drug-likeness (QED) is 0.387. The monoisotopic (exact) mass is 483 g/mol. The summed E-state index contributed by atoms with van der Waals surface area (Å²) in [6, 6.07) is 7.12. The summed E-state index contributed by atoms with van der Waals surface area (Å²) in [5.74, 6) is -2.42. The number of benzene rings is 2. The van der Waals surface area contributed by atoms with Crippen LogP contribution in [0.5, 0.6) is 0 Å². The van der Waals surface area contributed by atoms with Crippen LogP contribution in [0.3, 0.4) is 0 Å². The molecule has 0 radical (unpaired) electrons. The minimum Gasteiger partial charge on any atom is -0.396 e. The maximum atomic E-state index is 14.6. The first-order valence-corrected chi connectivity index (χ1v) is 10.4. The van der Waals surface area contributed by atoms with Crippen LogP contribution in [0.4, 0.5) is 35.3 Å². The number of carbonyl (C=O) groups excluding carboxylic acids is 1. The predicted octanol–water partition coefficient (Wildman–Crippen LogP) is 4.82. The van der Waals surface area contributed by atoms with E-state index in [9.17, 15) is 18.0 Å². The Hall–Kier alpha value is -4.41. The summed E-state index contributed by atoms with van der Waals surface area (Å²) in [4.78, 5) is 24.8. The highest BCUT2D eigenvalue weighted by atomic mass is 19.1. The van der Waals surface area contributed by atoms with Crippen LogP contribution in [-0.2, 0) is 0 Å². The van der Waals surface area contributed by atoms with Crippen LogP contribution in [0.1, 0.15) is 32.0 Å². The molecule has 2 amide bonds. The standard InChI is InChI=1S/C24H24F3N7O/c1-24(2,3)31-12-17(21(28)20-6-7-30-22(29)33-20)13-8-15(26)10-16(9-13)32-23(35)34-19-5-4-14(25)11-18(19)27/h4-12H,28H2,1-3H3,(H2,29,30,33)(H2,32,34,35). The van der Waals surface area contributed by atoms with Crippen LogP contribution in [-0.4, -0.2) is 27.8 Å². The summed E-state index contributed by atoms with van der Waals surface area (Å²) in [5, 5.41) is 4.67. The van der Waals surface area contributed by atoms with Crippen LogP contribution in [0, 0.1) is 17.5 Å². The van der Waals surface area contributed by atoms with Gasteiger partial charge in [0.05, 0.1) is 22.6 Å². The average Bonchev–Trinajstić information content (AvgIpc) is 2.74. The van der Waals surface area contributed by atoms with Crippen LogP contribution in [0.25, 0.3) is 11.3 Å². The fourth-order valence-corrected chi connectivity index (χ4v) is 2.91. The minimum atomic E-state index is -0.958. The van der Waals surface area contributed by atoms with Gasteiger partial charge in [-0.15, -0.1) is 0 Å². The molecular formula is C24H24F3N7O. The largest absolute Gasteiger partial charge is 0.396 e. The van der Waals surface area contributed by atoms with Crippen molar-refractivity contribution >= 4 is 40.8 Å². The zero-order valence-electron chi connectivity index (χ0n) is 19.2. The number of rotatable bonds is 5. The second kappa shape index (κ2) is 10.2. The number of anilines is 3. The molecule has 3 rings (SSSR count). The lowest BCUT2D eigenvalue weighted by atomic mass is 10.0. The highest BCUT2D eigenvalue weighted by Gasteiger charge is 2.15. The zero-order chi connectivity index (χ0) is 25.8. The van der Waals surface area contributed by atoms with Crippen molar-refractivity contribution in [3.8, 4) is 0 Å². The predicted molar refractivity (Wildman–Crippen MR) is 131 cm³/mol. The molecule has 8 nitrogen and oxygen atoms in total. The third kappa shape index (κ3) is 7.03. The van der Waals surface area contributed by atoms with E-state index >= 15 is 0 Å². The minimum absolute atomic E-state index is 0.00357. The molecule has 182 valence electrons. The Kier molecular flexibility index (Phi) is 7.38. The van der Waals surface area contributed by atoms with Gasteiger partial charge in [-0.25, -0.2) is 27.9 Å². The van der Waals surface area contributed by atoms with Gasteiger partial charge in [-0.1, -0.05) is 0 Å². The van der Waals surface area contributed by atoms with Gasteiger partial charge in [-0.2, -0.15) is 0 Å². The molecule has 0 fully saturated rings. The molecule has 2 aromatic carbocycles. The molecule has 0 atom stereocenters. The third-order valence-corrected chi connectivity index (χ3v) is 4.47. The van der Waals surface area contributed by atoms with Gasteiger partial charge in [-0.05, 0) is 62.7 Å². The first kappa shape index (κ1) is 25.2. The maximum absolute atomic E-state index is 14.6. The second-order valence-corrected chi connectivity index (χ2v) is 8.49. The van der Waals surface area contributed by atoms with Crippen molar-refractivity contribution in [2.75, 3.05) is 16.4 Å². The van der Waals surface area contributed by atoms with Gasteiger partial charge < -0.3 is 22.1 Å². The van der Waals surface area contributed by atoms with E-state index in [2.05, 4.69) is 25.6 Å². The summed E-state index contributed by atoms with van der Waals surface area (Å²) < 4.78 is 41.5. The van der Waals surface area contributed by atoms with Gasteiger partial charge in [-0.3, -0.25) is 4.99 Å². The summed E-state index contributed by atoms with van der Waals surface area (Å²) >= 11 is 0. The molecule has 0 saturated carbocycles. The van der Waals surface area contributed by atoms with Gasteiger partial charge in [0.25, 0.3) is 0 Å². The summed E-state index contributed by atoms with van der Waals surface area (Å²) in [7, 11) is 0. The Morgan fingerprint density at radius 3 is 2.43 bits per heavy atom. The smallest absolute Gasteiger partial charge is 0.323 e. The number of nitrogens with zero attached hydrogens (tertiary/aromatic N) is 3. The van der Waals surface area contributed by atoms with E-state index in [-0.39, 0.29) is 28.6 Å². The van der Waals surface area contributed by atoms with Gasteiger partial charge in [0, 0.05) is 29.7 Å². The van der Waals surface area contributed by atoms with E-state index < -0.39 is 29.0 Å². The van der Waals surface area contributed by atoms with Gasteiger partial charge in [0.2, 0.25) is 5.95 Å². The van der Waals surface area contributed by atoms with Crippen molar-refractivity contribution in [3.63, 3.8) is 0 Å². The Morgan fingerprint density at radius 2 is 1.77 bits per heavy atom. The number of halogens is 3. The van der Waals surface area contributed by atoms with Gasteiger partial charge in [0.15, 0.2) is 0 Å².